The minimum absolute atomic E-state index is 0. The molecule has 15 heavy (non-hydrogen) atoms. The zero-order chi connectivity index (χ0) is 10.1. The molecule has 0 spiro atoms. The van der Waals surface area contributed by atoms with Crippen molar-refractivity contribution in [3.05, 3.63) is 28.8 Å². The van der Waals surface area contributed by atoms with Crippen molar-refractivity contribution in [3.8, 4) is 5.75 Å². The summed E-state index contributed by atoms with van der Waals surface area (Å²) in [7, 11) is 0. The van der Waals surface area contributed by atoms with Gasteiger partial charge in [-0.1, -0.05) is 18.0 Å². The second-order valence-electron chi connectivity index (χ2n) is 3.92. The van der Waals surface area contributed by atoms with Gasteiger partial charge in [-0.3, -0.25) is 0 Å². The Morgan fingerprint density at radius 2 is 2.07 bits per heavy atom. The van der Waals surface area contributed by atoms with Crippen LogP contribution >= 0.6 is 24.0 Å². The Labute approximate surface area is 101 Å². The maximum atomic E-state index is 9.64. The third-order valence-corrected chi connectivity index (χ3v) is 3.24. The predicted molar refractivity (Wildman–Crippen MR) is 64.6 cm³/mol. The Balaban J connectivity index is 0.00000112. The quantitative estimate of drug-likeness (QED) is 0.843. The Kier molecular flexibility index (Phi) is 4.26. The highest BCUT2D eigenvalue weighted by Crippen LogP contribution is 2.39. The summed E-state index contributed by atoms with van der Waals surface area (Å²) in [6, 6.07) is 4.98. The summed E-state index contributed by atoms with van der Waals surface area (Å²) < 4.78 is 0. The van der Waals surface area contributed by atoms with Gasteiger partial charge in [0.2, 0.25) is 0 Å². The van der Waals surface area contributed by atoms with E-state index in [2.05, 4.69) is 0 Å². The van der Waals surface area contributed by atoms with Gasteiger partial charge < -0.3 is 10.8 Å². The first-order chi connectivity index (χ1) is 6.68. The number of hydrogen-bond acceptors (Lipinski definition) is 2. The summed E-state index contributed by atoms with van der Waals surface area (Å²) in [5, 5.41) is 10.3. The molecule has 0 amide bonds. The third kappa shape index (κ3) is 2.57. The molecule has 1 fully saturated rings. The van der Waals surface area contributed by atoms with E-state index in [0.717, 1.165) is 18.4 Å². The first-order valence-corrected chi connectivity index (χ1v) is 5.30. The molecule has 0 bridgehead atoms. The van der Waals surface area contributed by atoms with Crippen LogP contribution in [-0.4, -0.2) is 5.11 Å². The fourth-order valence-corrected chi connectivity index (χ4v) is 2.03. The minimum atomic E-state index is -0.0672. The first-order valence-electron chi connectivity index (χ1n) is 4.92. The number of phenolic OH excluding ortho intramolecular Hbond substituents is 1. The lowest BCUT2D eigenvalue weighted by molar-refractivity contribution is 0.260. The second kappa shape index (κ2) is 5.06. The highest BCUT2D eigenvalue weighted by atomic mass is 35.5. The number of halogens is 2. The van der Waals surface area contributed by atoms with Crippen molar-refractivity contribution in [2.75, 3.05) is 0 Å². The van der Waals surface area contributed by atoms with E-state index in [4.69, 9.17) is 17.3 Å². The molecule has 84 valence electrons. The molecule has 1 saturated carbocycles. The topological polar surface area (TPSA) is 46.2 Å². The smallest absolute Gasteiger partial charge is 0.120 e. The molecule has 1 aromatic carbocycles. The van der Waals surface area contributed by atoms with Crippen molar-refractivity contribution >= 4 is 24.0 Å². The molecule has 0 unspecified atom stereocenters. The van der Waals surface area contributed by atoms with Gasteiger partial charge in [0, 0.05) is 16.6 Å². The molecule has 0 heterocycles. The average Bonchev–Trinajstić information content (AvgIpc) is 2.06. The van der Waals surface area contributed by atoms with Crippen molar-refractivity contribution in [2.24, 2.45) is 11.7 Å². The lowest BCUT2D eigenvalue weighted by atomic mass is 9.77. The summed E-state index contributed by atoms with van der Waals surface area (Å²) in [5.41, 5.74) is 6.83. The van der Waals surface area contributed by atoms with E-state index in [0.29, 0.717) is 10.9 Å². The van der Waals surface area contributed by atoms with Crippen LogP contribution in [0.3, 0.4) is 0 Å². The lowest BCUT2D eigenvalue weighted by Crippen LogP contribution is -2.26. The summed E-state index contributed by atoms with van der Waals surface area (Å²) in [5.74, 6) is 0.771. The molecule has 1 aliphatic carbocycles. The van der Waals surface area contributed by atoms with Crippen LogP contribution in [0.5, 0.6) is 5.75 Å². The number of hydrogen-bond donors (Lipinski definition) is 2. The van der Waals surface area contributed by atoms with Crippen molar-refractivity contribution in [2.45, 2.75) is 25.3 Å². The molecule has 1 aromatic rings. The van der Waals surface area contributed by atoms with Crippen molar-refractivity contribution in [1.29, 1.82) is 0 Å². The molecule has 2 rings (SSSR count). The summed E-state index contributed by atoms with van der Waals surface area (Å²) in [6.07, 6.45) is 3.57. The van der Waals surface area contributed by atoms with Crippen LogP contribution in [0, 0.1) is 5.92 Å². The van der Waals surface area contributed by atoms with Gasteiger partial charge in [-0.05, 0) is 37.0 Å². The molecule has 1 aliphatic rings. The SMILES string of the molecule is Cl.N[C@H](c1cc(Cl)ccc1O)C1CCC1. The van der Waals surface area contributed by atoms with Crippen LogP contribution in [0.1, 0.15) is 30.9 Å². The first kappa shape index (κ1) is 12.6. The van der Waals surface area contributed by atoms with E-state index in [1.165, 1.54) is 6.42 Å². The van der Waals surface area contributed by atoms with Crippen LogP contribution in [0.25, 0.3) is 0 Å². The predicted octanol–water partition coefficient (Wildman–Crippen LogP) is 3.27. The van der Waals surface area contributed by atoms with Crippen LogP contribution < -0.4 is 5.73 Å². The largest absolute Gasteiger partial charge is 0.508 e. The van der Waals surface area contributed by atoms with Crippen molar-refractivity contribution < 1.29 is 5.11 Å². The molecule has 0 saturated heterocycles. The molecule has 0 aromatic heterocycles. The molecule has 2 nitrogen and oxygen atoms in total. The maximum Gasteiger partial charge on any atom is 0.120 e. The molecular weight excluding hydrogens is 233 g/mol. The summed E-state index contributed by atoms with van der Waals surface area (Å²) in [4.78, 5) is 0. The number of phenols is 1. The molecule has 0 radical (unpaired) electrons. The van der Waals surface area contributed by atoms with Crippen LogP contribution in [0.2, 0.25) is 5.02 Å². The standard InChI is InChI=1S/C11H14ClNO.ClH/c12-8-4-5-10(14)9(6-8)11(13)7-2-1-3-7;/h4-7,11,14H,1-3,13H2;1H/t11-;/m0./s1. The van der Waals surface area contributed by atoms with E-state index in [1.54, 1.807) is 18.2 Å². The highest BCUT2D eigenvalue weighted by Gasteiger charge is 2.27. The summed E-state index contributed by atoms with van der Waals surface area (Å²) in [6.45, 7) is 0. The lowest BCUT2D eigenvalue weighted by Gasteiger charge is -2.31. The number of benzene rings is 1. The van der Waals surface area contributed by atoms with E-state index in [-0.39, 0.29) is 24.2 Å². The fraction of sp³-hybridized carbons (Fsp3) is 0.455. The molecule has 0 aliphatic heterocycles. The van der Waals surface area contributed by atoms with Gasteiger partial charge in [0.25, 0.3) is 0 Å². The van der Waals surface area contributed by atoms with Gasteiger partial charge >= 0.3 is 0 Å². The zero-order valence-corrected chi connectivity index (χ0v) is 9.89. The van der Waals surface area contributed by atoms with E-state index in [9.17, 15) is 5.11 Å². The van der Waals surface area contributed by atoms with Gasteiger partial charge in [-0.15, -0.1) is 12.4 Å². The van der Waals surface area contributed by atoms with Gasteiger partial charge in [0.1, 0.15) is 5.75 Å². The van der Waals surface area contributed by atoms with E-state index in [1.807, 2.05) is 0 Å². The highest BCUT2D eigenvalue weighted by molar-refractivity contribution is 6.30. The average molecular weight is 248 g/mol. The normalized spacial score (nSPS) is 17.7. The Hall–Kier alpha value is -0.440. The number of rotatable bonds is 2. The summed E-state index contributed by atoms with van der Waals surface area (Å²) >= 11 is 5.86. The van der Waals surface area contributed by atoms with E-state index >= 15 is 0 Å². The van der Waals surface area contributed by atoms with Crippen LogP contribution in [0.15, 0.2) is 18.2 Å². The van der Waals surface area contributed by atoms with Crippen molar-refractivity contribution in [3.63, 3.8) is 0 Å². The molecule has 4 heteroatoms. The van der Waals surface area contributed by atoms with Gasteiger partial charge in [-0.25, -0.2) is 0 Å². The third-order valence-electron chi connectivity index (χ3n) is 3.01. The number of aromatic hydroxyl groups is 1. The van der Waals surface area contributed by atoms with Gasteiger partial charge in [0.15, 0.2) is 0 Å². The monoisotopic (exact) mass is 247 g/mol. The Bertz CT molecular complexity index is 339. The minimum Gasteiger partial charge on any atom is -0.508 e. The number of nitrogens with two attached hydrogens (primary N) is 1. The molecule has 1 atom stereocenters. The van der Waals surface area contributed by atoms with E-state index < -0.39 is 0 Å². The molecular formula is C11H15Cl2NO. The maximum absolute atomic E-state index is 9.64. The molecule has 3 N–H and O–H groups in total. The Morgan fingerprint density at radius 3 is 2.60 bits per heavy atom. The van der Waals surface area contributed by atoms with Crippen molar-refractivity contribution in [1.82, 2.24) is 0 Å². The second-order valence-corrected chi connectivity index (χ2v) is 4.36. The zero-order valence-electron chi connectivity index (χ0n) is 8.32. The Morgan fingerprint density at radius 1 is 1.40 bits per heavy atom. The van der Waals surface area contributed by atoms with Gasteiger partial charge in [-0.2, -0.15) is 0 Å². The van der Waals surface area contributed by atoms with Crippen LogP contribution in [0.4, 0.5) is 0 Å². The van der Waals surface area contributed by atoms with Gasteiger partial charge in [0.05, 0.1) is 0 Å². The fourth-order valence-electron chi connectivity index (χ4n) is 1.85. The van der Waals surface area contributed by atoms with Crippen LogP contribution in [-0.2, 0) is 0 Å².